The molecule has 0 heterocycles. The summed E-state index contributed by atoms with van der Waals surface area (Å²) in [6.07, 6.45) is 0. The van der Waals surface area contributed by atoms with Crippen LogP contribution in [-0.2, 0) is 5.11 Å². The first-order chi connectivity index (χ1) is 4.75. The summed E-state index contributed by atoms with van der Waals surface area (Å²) >= 11 is 0. The number of rotatable bonds is 1. The van der Waals surface area contributed by atoms with Crippen molar-refractivity contribution in [1.29, 1.82) is 0 Å². The molecule has 1 rings (SSSR count). The lowest BCUT2D eigenvalue weighted by atomic mass is 10.3. The number of hydrogen-bond donors (Lipinski definition) is 0. The molecule has 1 aromatic rings. The fourth-order valence-electron chi connectivity index (χ4n) is 0.687. The van der Waals surface area contributed by atoms with Crippen LogP contribution < -0.4 is 4.74 Å². The molecule has 1 aromatic carbocycles. The Morgan fingerprint density at radius 3 is 2.60 bits per heavy atom. The molecule has 53 valence electrons. The zero-order valence-corrected chi connectivity index (χ0v) is 5.43. The first kappa shape index (κ1) is 6.86. The molecule has 1 radical (unpaired) electrons. The third-order valence-corrected chi connectivity index (χ3v) is 1.13. The van der Waals surface area contributed by atoms with Gasteiger partial charge < -0.3 is 4.74 Å². The minimum atomic E-state index is -0.616. The molecule has 0 saturated heterocycles. The predicted octanol–water partition coefficient (Wildman–Crippen LogP) is 1.98. The highest BCUT2D eigenvalue weighted by atomic mass is 19.1. The highest BCUT2D eigenvalue weighted by molar-refractivity contribution is 5.39. The number of hydrogen-bond acceptors (Lipinski definition) is 1. The van der Waals surface area contributed by atoms with Crippen LogP contribution in [-0.4, -0.2) is 7.11 Å². The van der Waals surface area contributed by atoms with Gasteiger partial charge in [0.25, 0.3) is 0 Å². The van der Waals surface area contributed by atoms with E-state index in [1.807, 2.05) is 0 Å². The Kier molecular flexibility index (Phi) is 1.76. The molecular formula is C7H6FO2. The zero-order valence-electron chi connectivity index (χ0n) is 5.43. The van der Waals surface area contributed by atoms with E-state index in [1.54, 1.807) is 0 Å². The van der Waals surface area contributed by atoms with E-state index < -0.39 is 11.6 Å². The topological polar surface area (TPSA) is 29.1 Å². The largest absolute Gasteiger partial charge is 0.490 e. The van der Waals surface area contributed by atoms with E-state index in [9.17, 15) is 9.50 Å². The van der Waals surface area contributed by atoms with Crippen LogP contribution in [0.4, 0.5) is 4.39 Å². The first-order valence-corrected chi connectivity index (χ1v) is 2.75. The summed E-state index contributed by atoms with van der Waals surface area (Å²) in [4.78, 5) is 0. The number of para-hydroxylation sites is 1. The Labute approximate surface area is 57.9 Å². The van der Waals surface area contributed by atoms with Crippen LogP contribution in [0.25, 0.3) is 0 Å². The van der Waals surface area contributed by atoms with Crippen molar-refractivity contribution in [3.05, 3.63) is 24.0 Å². The van der Waals surface area contributed by atoms with Crippen LogP contribution in [0.1, 0.15) is 0 Å². The molecule has 0 aliphatic rings. The molecule has 0 fully saturated rings. The van der Waals surface area contributed by atoms with Gasteiger partial charge in [-0.25, -0.2) is 4.39 Å². The first-order valence-electron chi connectivity index (χ1n) is 2.75. The molecule has 3 heteroatoms. The molecule has 10 heavy (non-hydrogen) atoms. The van der Waals surface area contributed by atoms with Crippen LogP contribution in [0.3, 0.4) is 0 Å². The highest BCUT2D eigenvalue weighted by Crippen LogP contribution is 2.28. The Morgan fingerprint density at radius 2 is 2.20 bits per heavy atom. The lowest BCUT2D eigenvalue weighted by molar-refractivity contribution is 0.304. The normalized spacial score (nSPS) is 9.40. The number of ether oxygens (including phenoxy) is 1. The fraction of sp³-hybridized carbons (Fsp3) is 0.143. The van der Waals surface area contributed by atoms with Crippen LogP contribution in [0, 0.1) is 5.82 Å². The molecule has 0 saturated carbocycles. The van der Waals surface area contributed by atoms with E-state index in [-0.39, 0.29) is 5.75 Å². The second kappa shape index (κ2) is 2.56. The standard InChI is InChI=1S/C7H6FO2/c1-10-7-5(8)3-2-4-6(7)9/h2-4H,1H3. The van der Waals surface area contributed by atoms with E-state index in [0.717, 1.165) is 0 Å². The number of halogens is 1. The van der Waals surface area contributed by atoms with Crippen molar-refractivity contribution in [3.8, 4) is 11.5 Å². The van der Waals surface area contributed by atoms with E-state index in [2.05, 4.69) is 4.74 Å². The minimum absolute atomic E-state index is 0.220. The molecule has 0 bridgehead atoms. The molecule has 2 nitrogen and oxygen atoms in total. The van der Waals surface area contributed by atoms with Gasteiger partial charge in [0.05, 0.1) is 7.11 Å². The molecule has 0 N–H and O–H groups in total. The van der Waals surface area contributed by atoms with Crippen molar-refractivity contribution in [1.82, 2.24) is 0 Å². The Hall–Kier alpha value is -1.25. The quantitative estimate of drug-likeness (QED) is 0.587. The maximum atomic E-state index is 12.5. The molecular weight excluding hydrogens is 135 g/mol. The van der Waals surface area contributed by atoms with Crippen molar-refractivity contribution in [2.45, 2.75) is 0 Å². The van der Waals surface area contributed by atoms with E-state index in [4.69, 9.17) is 0 Å². The fourth-order valence-corrected chi connectivity index (χ4v) is 0.687. The third-order valence-electron chi connectivity index (χ3n) is 1.13. The molecule has 0 amide bonds. The van der Waals surface area contributed by atoms with Gasteiger partial charge in [-0.05, 0) is 12.1 Å². The van der Waals surface area contributed by atoms with E-state index >= 15 is 0 Å². The summed E-state index contributed by atoms with van der Waals surface area (Å²) in [5, 5.41) is 10.7. The van der Waals surface area contributed by atoms with Gasteiger partial charge in [0.15, 0.2) is 5.82 Å². The minimum Gasteiger partial charge on any atom is -0.490 e. The van der Waals surface area contributed by atoms with Gasteiger partial charge >= 0.3 is 0 Å². The van der Waals surface area contributed by atoms with Crippen molar-refractivity contribution in [2.24, 2.45) is 0 Å². The van der Waals surface area contributed by atoms with Crippen LogP contribution in [0.15, 0.2) is 18.2 Å². The van der Waals surface area contributed by atoms with Gasteiger partial charge in [-0.3, -0.25) is 5.11 Å². The van der Waals surface area contributed by atoms with Gasteiger partial charge in [0.1, 0.15) is 0 Å². The SMILES string of the molecule is COc1c([O])cccc1F. The third kappa shape index (κ3) is 1.03. The van der Waals surface area contributed by atoms with Crippen molar-refractivity contribution < 1.29 is 14.2 Å². The van der Waals surface area contributed by atoms with Gasteiger partial charge in [-0.2, -0.15) is 0 Å². The van der Waals surface area contributed by atoms with Crippen LogP contribution >= 0.6 is 0 Å². The van der Waals surface area contributed by atoms with Crippen molar-refractivity contribution in [3.63, 3.8) is 0 Å². The van der Waals surface area contributed by atoms with Gasteiger partial charge in [-0.15, -0.1) is 0 Å². The maximum absolute atomic E-state index is 12.5. The molecule has 0 spiro atoms. The summed E-state index contributed by atoms with van der Waals surface area (Å²) < 4.78 is 17.0. The molecule has 0 atom stereocenters. The lowest BCUT2D eigenvalue weighted by Crippen LogP contribution is -1.86. The van der Waals surface area contributed by atoms with Crippen molar-refractivity contribution >= 4 is 0 Å². The van der Waals surface area contributed by atoms with Crippen LogP contribution in [0.2, 0.25) is 0 Å². The van der Waals surface area contributed by atoms with Gasteiger partial charge in [0, 0.05) is 0 Å². The average molecular weight is 141 g/mol. The second-order valence-electron chi connectivity index (χ2n) is 1.77. The molecule has 0 aromatic heterocycles. The predicted molar refractivity (Wildman–Crippen MR) is 33.1 cm³/mol. The Balaban J connectivity index is 3.17. The molecule has 0 aliphatic heterocycles. The number of benzene rings is 1. The van der Waals surface area contributed by atoms with Gasteiger partial charge in [-0.1, -0.05) is 6.07 Å². The maximum Gasteiger partial charge on any atom is 0.223 e. The van der Waals surface area contributed by atoms with Crippen LogP contribution in [0.5, 0.6) is 11.5 Å². The summed E-state index contributed by atoms with van der Waals surface area (Å²) in [5.41, 5.74) is 0. The Morgan fingerprint density at radius 1 is 1.50 bits per heavy atom. The summed E-state index contributed by atoms with van der Waals surface area (Å²) in [6.45, 7) is 0. The average Bonchev–Trinajstić information content (AvgIpc) is 1.88. The smallest absolute Gasteiger partial charge is 0.223 e. The Bertz CT molecular complexity index is 215. The van der Waals surface area contributed by atoms with E-state index in [1.165, 1.54) is 25.3 Å². The second-order valence-corrected chi connectivity index (χ2v) is 1.77. The van der Waals surface area contributed by atoms with Crippen molar-refractivity contribution in [2.75, 3.05) is 7.11 Å². The lowest BCUT2D eigenvalue weighted by Gasteiger charge is -1.99. The molecule has 0 unspecified atom stereocenters. The van der Waals surface area contributed by atoms with E-state index in [0.29, 0.717) is 0 Å². The highest BCUT2D eigenvalue weighted by Gasteiger charge is 2.07. The summed E-state index contributed by atoms with van der Waals surface area (Å²) in [6, 6.07) is 3.78. The summed E-state index contributed by atoms with van der Waals surface area (Å²) in [7, 11) is 1.26. The molecule has 0 aliphatic carbocycles. The monoisotopic (exact) mass is 141 g/mol. The van der Waals surface area contributed by atoms with Gasteiger partial charge in [0.2, 0.25) is 11.5 Å². The number of methoxy groups -OCH3 is 1. The zero-order chi connectivity index (χ0) is 7.56. The summed E-state index contributed by atoms with van der Waals surface area (Å²) in [5.74, 6) is -1.26.